The van der Waals surface area contributed by atoms with Crippen molar-refractivity contribution in [2.45, 2.75) is 44.7 Å². The fraction of sp³-hybridized carbons (Fsp3) is 0.308. The van der Waals surface area contributed by atoms with Crippen molar-refractivity contribution in [1.82, 2.24) is 14.5 Å². The summed E-state index contributed by atoms with van der Waals surface area (Å²) in [5.41, 5.74) is 4.58. The smallest absolute Gasteiger partial charge is 0.250 e. The maximum absolute atomic E-state index is 13.4. The van der Waals surface area contributed by atoms with E-state index in [-0.39, 0.29) is 23.8 Å². The number of aromatic nitrogens is 2. The van der Waals surface area contributed by atoms with E-state index in [9.17, 15) is 9.18 Å². The van der Waals surface area contributed by atoms with Crippen molar-refractivity contribution in [3.8, 4) is 11.4 Å². The van der Waals surface area contributed by atoms with E-state index < -0.39 is 0 Å². The summed E-state index contributed by atoms with van der Waals surface area (Å²) in [6.07, 6.45) is 9.32. The zero-order valence-electron chi connectivity index (χ0n) is 18.3. The van der Waals surface area contributed by atoms with Gasteiger partial charge in [0.05, 0.1) is 30.9 Å². The van der Waals surface area contributed by atoms with Gasteiger partial charge in [0.25, 0.3) is 5.91 Å². The first-order chi connectivity index (χ1) is 15.5. The molecule has 164 valence electrons. The van der Waals surface area contributed by atoms with Crippen molar-refractivity contribution in [2.24, 2.45) is 0 Å². The molecular formula is C26H26FN3O2. The third-order valence-electron chi connectivity index (χ3n) is 6.55. The summed E-state index contributed by atoms with van der Waals surface area (Å²) in [5.74, 6) is 0.557. The Balaban J connectivity index is 1.43. The Morgan fingerprint density at radius 2 is 1.94 bits per heavy atom. The third-order valence-corrected chi connectivity index (χ3v) is 6.55. The first-order valence-corrected chi connectivity index (χ1v) is 11.0. The summed E-state index contributed by atoms with van der Waals surface area (Å²) < 4.78 is 20.9. The number of imidazole rings is 1. The first kappa shape index (κ1) is 20.5. The molecule has 0 N–H and O–H groups in total. The number of piperidine rings is 1. The number of halogens is 1. The molecule has 2 fully saturated rings. The number of benzene rings is 2. The quantitative estimate of drug-likeness (QED) is 0.531. The molecule has 0 aliphatic carbocycles. The van der Waals surface area contributed by atoms with Gasteiger partial charge in [-0.15, -0.1) is 0 Å². The molecule has 2 atom stereocenters. The molecule has 3 heterocycles. The highest BCUT2D eigenvalue weighted by Gasteiger charge is 2.41. The summed E-state index contributed by atoms with van der Waals surface area (Å²) in [6, 6.07) is 12.8. The molecule has 0 saturated carbocycles. The van der Waals surface area contributed by atoms with Gasteiger partial charge in [-0.1, -0.05) is 18.2 Å². The Kier molecular flexibility index (Phi) is 5.29. The molecule has 0 bridgehead atoms. The number of nitrogens with zero attached hydrogens (tertiary/aromatic N) is 3. The molecule has 2 aromatic carbocycles. The summed E-state index contributed by atoms with van der Waals surface area (Å²) >= 11 is 0. The van der Waals surface area contributed by atoms with Gasteiger partial charge in [-0.05, 0) is 74.1 Å². The first-order valence-electron chi connectivity index (χ1n) is 11.0. The molecule has 5 nitrogen and oxygen atoms in total. The zero-order chi connectivity index (χ0) is 22.2. The SMILES string of the molecule is COc1cc(C=C2CC[C@@H]3CC[C@@H](c4ccc(F)cc4)N3C2=O)ccc1-n1cnc(C)c1. The standard InChI is InChI=1S/C26H26FN3O2/c1-17-15-29(16-28-17)24-11-3-18(14-25(24)32-2)13-20-6-9-22-10-12-23(30(22)26(20)31)19-4-7-21(27)8-5-19/h3-5,7-8,11,13-16,22-23H,6,9-10,12H2,1-2H3/t22-,23+/m1/s1. The fourth-order valence-corrected chi connectivity index (χ4v) is 4.97. The van der Waals surface area contributed by atoms with Gasteiger partial charge in [0, 0.05) is 17.8 Å². The lowest BCUT2D eigenvalue weighted by atomic mass is 9.95. The van der Waals surface area contributed by atoms with E-state index in [0.29, 0.717) is 0 Å². The van der Waals surface area contributed by atoms with E-state index in [1.54, 1.807) is 25.6 Å². The van der Waals surface area contributed by atoms with Gasteiger partial charge in [0.15, 0.2) is 0 Å². The van der Waals surface area contributed by atoms with Crippen LogP contribution in [0.4, 0.5) is 4.39 Å². The molecule has 2 saturated heterocycles. The second-order valence-electron chi connectivity index (χ2n) is 8.57. The predicted octanol–water partition coefficient (Wildman–Crippen LogP) is 5.24. The summed E-state index contributed by atoms with van der Waals surface area (Å²) in [6.45, 7) is 1.95. The average Bonchev–Trinajstić information content (AvgIpc) is 3.43. The molecule has 0 unspecified atom stereocenters. The number of hydrogen-bond acceptors (Lipinski definition) is 3. The summed E-state index contributed by atoms with van der Waals surface area (Å²) in [7, 11) is 1.65. The minimum Gasteiger partial charge on any atom is -0.495 e. The highest BCUT2D eigenvalue weighted by atomic mass is 19.1. The number of rotatable bonds is 4. The number of ether oxygens (including phenoxy) is 1. The Bertz CT molecular complexity index is 1180. The van der Waals surface area contributed by atoms with Crippen LogP contribution in [0.3, 0.4) is 0 Å². The summed E-state index contributed by atoms with van der Waals surface area (Å²) in [4.78, 5) is 19.8. The number of carbonyl (C=O) groups is 1. The predicted molar refractivity (Wildman–Crippen MR) is 121 cm³/mol. The van der Waals surface area contributed by atoms with Crippen LogP contribution in [-0.2, 0) is 4.79 Å². The molecule has 3 aromatic rings. The number of aryl methyl sites for hydroxylation is 1. The van der Waals surface area contributed by atoms with E-state index in [2.05, 4.69) is 4.98 Å². The van der Waals surface area contributed by atoms with Crippen LogP contribution in [0.1, 0.15) is 48.5 Å². The number of amides is 1. The highest BCUT2D eigenvalue weighted by molar-refractivity contribution is 5.99. The van der Waals surface area contributed by atoms with Crippen molar-refractivity contribution in [1.29, 1.82) is 0 Å². The Hall–Kier alpha value is -3.41. The van der Waals surface area contributed by atoms with Crippen LogP contribution in [0, 0.1) is 12.7 Å². The zero-order valence-corrected chi connectivity index (χ0v) is 18.3. The van der Waals surface area contributed by atoms with Crippen LogP contribution in [0.25, 0.3) is 11.8 Å². The van der Waals surface area contributed by atoms with Gasteiger partial charge in [0.2, 0.25) is 0 Å². The van der Waals surface area contributed by atoms with Gasteiger partial charge < -0.3 is 14.2 Å². The van der Waals surface area contributed by atoms with Gasteiger partial charge in [-0.2, -0.15) is 0 Å². The van der Waals surface area contributed by atoms with Crippen LogP contribution in [-0.4, -0.2) is 33.5 Å². The minimum atomic E-state index is -0.253. The van der Waals surface area contributed by atoms with Gasteiger partial charge >= 0.3 is 0 Å². The van der Waals surface area contributed by atoms with E-state index in [1.807, 2.05) is 46.9 Å². The maximum Gasteiger partial charge on any atom is 0.250 e. The van der Waals surface area contributed by atoms with Gasteiger partial charge in [0.1, 0.15) is 11.6 Å². The minimum absolute atomic E-state index is 0.0122. The number of carbonyl (C=O) groups excluding carboxylic acids is 1. The highest BCUT2D eigenvalue weighted by Crippen LogP contribution is 2.42. The van der Waals surface area contributed by atoms with Crippen molar-refractivity contribution >= 4 is 12.0 Å². The summed E-state index contributed by atoms with van der Waals surface area (Å²) in [5, 5.41) is 0. The number of methoxy groups -OCH3 is 1. The van der Waals surface area contributed by atoms with Gasteiger partial charge in [-0.3, -0.25) is 4.79 Å². The monoisotopic (exact) mass is 431 g/mol. The van der Waals surface area contributed by atoms with Crippen LogP contribution in [0.2, 0.25) is 0 Å². The molecule has 2 aliphatic heterocycles. The molecule has 2 aliphatic rings. The van der Waals surface area contributed by atoms with Crippen molar-refractivity contribution in [2.75, 3.05) is 7.11 Å². The largest absolute Gasteiger partial charge is 0.495 e. The van der Waals surface area contributed by atoms with E-state index >= 15 is 0 Å². The van der Waals surface area contributed by atoms with Crippen molar-refractivity contribution in [3.63, 3.8) is 0 Å². The molecular weight excluding hydrogens is 405 g/mol. The van der Waals surface area contributed by atoms with Crippen LogP contribution in [0.5, 0.6) is 5.75 Å². The molecule has 32 heavy (non-hydrogen) atoms. The molecule has 1 aromatic heterocycles. The topological polar surface area (TPSA) is 47.4 Å². The average molecular weight is 432 g/mol. The molecule has 1 amide bonds. The fourth-order valence-electron chi connectivity index (χ4n) is 4.97. The van der Waals surface area contributed by atoms with Crippen LogP contribution < -0.4 is 4.74 Å². The molecule has 6 heteroatoms. The number of fused-ring (bicyclic) bond motifs is 1. The maximum atomic E-state index is 13.4. The van der Waals surface area contributed by atoms with Gasteiger partial charge in [-0.25, -0.2) is 9.37 Å². The third kappa shape index (κ3) is 3.70. The van der Waals surface area contributed by atoms with Crippen LogP contribution >= 0.6 is 0 Å². The second-order valence-corrected chi connectivity index (χ2v) is 8.57. The van der Waals surface area contributed by atoms with Crippen molar-refractivity contribution in [3.05, 3.63) is 83.2 Å². The van der Waals surface area contributed by atoms with Crippen molar-refractivity contribution < 1.29 is 13.9 Å². The molecule has 5 rings (SSSR count). The second kappa shape index (κ2) is 8.26. The van der Waals surface area contributed by atoms with E-state index in [1.165, 1.54) is 12.1 Å². The Morgan fingerprint density at radius 1 is 1.12 bits per heavy atom. The lowest BCUT2D eigenvalue weighted by molar-refractivity contribution is -0.131. The Morgan fingerprint density at radius 3 is 2.66 bits per heavy atom. The number of hydrogen-bond donors (Lipinski definition) is 0. The van der Waals surface area contributed by atoms with Crippen LogP contribution in [0.15, 0.2) is 60.6 Å². The molecule has 0 radical (unpaired) electrons. The normalized spacial score (nSPS) is 21.8. The lowest BCUT2D eigenvalue weighted by Gasteiger charge is -2.35. The van der Waals surface area contributed by atoms with E-state index in [0.717, 1.165) is 59.5 Å². The molecule has 0 spiro atoms. The van der Waals surface area contributed by atoms with E-state index in [4.69, 9.17) is 4.74 Å². The lowest BCUT2D eigenvalue weighted by Crippen LogP contribution is -2.41. The Labute approximate surface area is 187 Å².